The Hall–Kier alpha value is -7.10. The summed E-state index contributed by atoms with van der Waals surface area (Å²) in [4.78, 5) is 2.35. The minimum absolute atomic E-state index is 0.883. The lowest BCUT2D eigenvalue weighted by Crippen LogP contribution is -2.09. The third-order valence-corrected chi connectivity index (χ3v) is 10.7. The van der Waals surface area contributed by atoms with Crippen LogP contribution in [-0.4, -0.2) is 4.57 Å². The van der Waals surface area contributed by atoms with Crippen LogP contribution in [0.25, 0.3) is 82.1 Å². The van der Waals surface area contributed by atoms with Crippen molar-refractivity contribution in [3.8, 4) is 16.8 Å². The van der Waals surface area contributed by atoms with Gasteiger partial charge >= 0.3 is 0 Å². The number of aromatic nitrogens is 1. The Morgan fingerprint density at radius 2 is 1.06 bits per heavy atom. The summed E-state index contributed by atoms with van der Waals surface area (Å²) in [7, 11) is 0. The molecule has 0 aliphatic rings. The van der Waals surface area contributed by atoms with Gasteiger partial charge in [-0.3, -0.25) is 0 Å². The molecule has 0 unspecified atom stereocenters. The highest BCUT2D eigenvalue weighted by Gasteiger charge is 2.20. The van der Waals surface area contributed by atoms with Gasteiger partial charge in [-0.2, -0.15) is 0 Å². The van der Waals surface area contributed by atoms with Crippen LogP contribution in [0.5, 0.6) is 0 Å². The van der Waals surface area contributed by atoms with Gasteiger partial charge in [-0.15, -0.1) is 0 Å². The summed E-state index contributed by atoms with van der Waals surface area (Å²) in [5, 5.41) is 9.51. The molecule has 0 N–H and O–H groups in total. The third-order valence-electron chi connectivity index (χ3n) is 10.7. The number of anilines is 3. The number of furan rings is 1. The van der Waals surface area contributed by atoms with E-state index in [0.717, 1.165) is 61.2 Å². The number of rotatable bonds is 5. The van der Waals surface area contributed by atoms with Crippen LogP contribution >= 0.6 is 0 Å². The number of nitrogens with zero attached hydrogens (tertiary/aromatic N) is 2. The molecular weight excluding hydrogens is 645 g/mol. The standard InChI is InChI=1S/C50H32N2O/c1-3-14-37(15-4-1)51(39-26-22-33-12-7-8-13-35(33)30-39)40-27-23-34-25-29-48-50(44(34)32-40)49-41(19-11-21-47(49)53-48)36-24-28-43-42-18-9-10-20-45(42)52(46(43)31-36)38-16-5-2-6-17-38/h1-32H. The van der Waals surface area contributed by atoms with Crippen LogP contribution in [0, 0.1) is 0 Å². The Morgan fingerprint density at radius 1 is 0.377 bits per heavy atom. The smallest absolute Gasteiger partial charge is 0.136 e. The Bertz CT molecular complexity index is 3170. The summed E-state index contributed by atoms with van der Waals surface area (Å²) >= 11 is 0. The SMILES string of the molecule is c1ccc(N(c2ccc3ccccc3c2)c2ccc3ccc4oc5cccc(-c6ccc7c8ccccc8n(-c8ccccc8)c7c6)c5c4c3c2)cc1. The Labute approximate surface area is 306 Å². The molecule has 3 heteroatoms. The Balaban J connectivity index is 1.15. The van der Waals surface area contributed by atoms with Crippen LogP contribution in [0.2, 0.25) is 0 Å². The van der Waals surface area contributed by atoms with Gasteiger partial charge in [-0.05, 0) is 105 Å². The topological polar surface area (TPSA) is 21.3 Å². The fourth-order valence-corrected chi connectivity index (χ4v) is 8.34. The second-order valence-corrected chi connectivity index (χ2v) is 13.7. The lowest BCUT2D eigenvalue weighted by Gasteiger charge is -2.26. The van der Waals surface area contributed by atoms with Crippen molar-refractivity contribution in [2.24, 2.45) is 0 Å². The van der Waals surface area contributed by atoms with Crippen LogP contribution in [0.4, 0.5) is 17.1 Å². The number of fused-ring (bicyclic) bond motifs is 9. The van der Waals surface area contributed by atoms with Crippen LogP contribution in [0.15, 0.2) is 199 Å². The van der Waals surface area contributed by atoms with Crippen molar-refractivity contribution in [1.82, 2.24) is 4.57 Å². The van der Waals surface area contributed by atoms with E-state index in [1.807, 2.05) is 0 Å². The summed E-state index contributed by atoms with van der Waals surface area (Å²) in [6, 6.07) is 69.7. The van der Waals surface area contributed by atoms with Gasteiger partial charge in [0.2, 0.25) is 0 Å². The molecule has 0 saturated carbocycles. The lowest BCUT2D eigenvalue weighted by molar-refractivity contribution is 0.669. The van der Waals surface area contributed by atoms with Gasteiger partial charge in [0.15, 0.2) is 0 Å². The molecule has 0 aliphatic heterocycles. The number of benzene rings is 9. The molecule has 0 aliphatic carbocycles. The average molecular weight is 677 g/mol. The highest BCUT2D eigenvalue weighted by molar-refractivity contribution is 6.23. The summed E-state index contributed by atoms with van der Waals surface area (Å²) in [6.07, 6.45) is 0. The van der Waals surface area contributed by atoms with Crippen molar-refractivity contribution in [1.29, 1.82) is 0 Å². The first-order chi connectivity index (χ1) is 26.3. The molecule has 0 bridgehead atoms. The van der Waals surface area contributed by atoms with Crippen molar-refractivity contribution in [2.45, 2.75) is 0 Å². The van der Waals surface area contributed by atoms with Gasteiger partial charge in [-0.1, -0.05) is 121 Å². The molecule has 9 aromatic carbocycles. The molecule has 2 aromatic heterocycles. The molecule has 0 atom stereocenters. The van der Waals surface area contributed by atoms with E-state index in [1.165, 1.54) is 38.0 Å². The third kappa shape index (κ3) is 4.68. The van der Waals surface area contributed by atoms with Crippen LogP contribution in [-0.2, 0) is 0 Å². The maximum atomic E-state index is 6.65. The van der Waals surface area contributed by atoms with E-state index in [2.05, 4.69) is 204 Å². The molecule has 248 valence electrons. The maximum Gasteiger partial charge on any atom is 0.136 e. The quantitative estimate of drug-likeness (QED) is 0.181. The molecule has 3 nitrogen and oxygen atoms in total. The molecule has 53 heavy (non-hydrogen) atoms. The number of hydrogen-bond donors (Lipinski definition) is 0. The van der Waals surface area contributed by atoms with Crippen molar-refractivity contribution < 1.29 is 4.42 Å². The molecular formula is C50H32N2O. The molecule has 11 rings (SSSR count). The summed E-state index contributed by atoms with van der Waals surface area (Å²) in [5.41, 5.74) is 10.9. The van der Waals surface area contributed by atoms with Gasteiger partial charge in [0.1, 0.15) is 11.2 Å². The lowest BCUT2D eigenvalue weighted by atomic mass is 9.95. The van der Waals surface area contributed by atoms with E-state index in [-0.39, 0.29) is 0 Å². The monoisotopic (exact) mass is 676 g/mol. The number of para-hydroxylation sites is 3. The van der Waals surface area contributed by atoms with E-state index in [1.54, 1.807) is 0 Å². The van der Waals surface area contributed by atoms with E-state index >= 15 is 0 Å². The molecule has 0 amide bonds. The Morgan fingerprint density at radius 3 is 1.92 bits per heavy atom. The first-order valence-corrected chi connectivity index (χ1v) is 18.1. The second kappa shape index (κ2) is 11.7. The summed E-state index contributed by atoms with van der Waals surface area (Å²) in [6.45, 7) is 0. The van der Waals surface area contributed by atoms with Crippen LogP contribution < -0.4 is 4.90 Å². The molecule has 0 spiro atoms. The maximum absolute atomic E-state index is 6.65. The zero-order valence-electron chi connectivity index (χ0n) is 28.8. The van der Waals surface area contributed by atoms with Gasteiger partial charge < -0.3 is 13.9 Å². The van der Waals surface area contributed by atoms with E-state index < -0.39 is 0 Å². The average Bonchev–Trinajstić information content (AvgIpc) is 3.77. The normalized spacial score (nSPS) is 11.8. The predicted octanol–water partition coefficient (Wildman–Crippen LogP) is 14.1. The van der Waals surface area contributed by atoms with Crippen molar-refractivity contribution in [2.75, 3.05) is 4.90 Å². The predicted molar refractivity (Wildman–Crippen MR) is 223 cm³/mol. The van der Waals surface area contributed by atoms with E-state index in [0.29, 0.717) is 0 Å². The van der Waals surface area contributed by atoms with Gasteiger partial charge in [-0.25, -0.2) is 0 Å². The van der Waals surface area contributed by atoms with Crippen molar-refractivity contribution in [3.63, 3.8) is 0 Å². The minimum atomic E-state index is 0.883. The largest absolute Gasteiger partial charge is 0.456 e. The highest BCUT2D eigenvalue weighted by atomic mass is 16.3. The van der Waals surface area contributed by atoms with Crippen molar-refractivity contribution in [3.05, 3.63) is 194 Å². The first-order valence-electron chi connectivity index (χ1n) is 18.1. The molecule has 0 saturated heterocycles. The van der Waals surface area contributed by atoms with E-state index in [9.17, 15) is 0 Å². The fourth-order valence-electron chi connectivity index (χ4n) is 8.34. The highest BCUT2D eigenvalue weighted by Crippen LogP contribution is 2.44. The zero-order chi connectivity index (χ0) is 34.9. The Kier molecular flexibility index (Phi) is 6.55. The minimum Gasteiger partial charge on any atom is -0.456 e. The van der Waals surface area contributed by atoms with Crippen LogP contribution in [0.1, 0.15) is 0 Å². The summed E-state index contributed by atoms with van der Waals surface area (Å²) < 4.78 is 9.03. The number of hydrogen-bond acceptors (Lipinski definition) is 2. The van der Waals surface area contributed by atoms with Gasteiger partial charge in [0.25, 0.3) is 0 Å². The van der Waals surface area contributed by atoms with Crippen LogP contribution in [0.3, 0.4) is 0 Å². The van der Waals surface area contributed by atoms with Gasteiger partial charge in [0, 0.05) is 44.3 Å². The fraction of sp³-hybridized carbons (Fsp3) is 0. The van der Waals surface area contributed by atoms with Gasteiger partial charge in [0.05, 0.1) is 11.0 Å². The first kappa shape index (κ1) is 29.6. The zero-order valence-corrected chi connectivity index (χ0v) is 28.8. The van der Waals surface area contributed by atoms with Crippen molar-refractivity contribution >= 4 is 82.4 Å². The molecule has 0 fully saturated rings. The molecule has 2 heterocycles. The molecule has 0 radical (unpaired) electrons. The van der Waals surface area contributed by atoms with E-state index in [4.69, 9.17) is 4.42 Å². The second-order valence-electron chi connectivity index (χ2n) is 13.7. The summed E-state index contributed by atoms with van der Waals surface area (Å²) in [5.74, 6) is 0. The molecule has 11 aromatic rings.